The van der Waals surface area contributed by atoms with E-state index in [1.54, 1.807) is 12.1 Å². The van der Waals surface area contributed by atoms with Crippen LogP contribution in [0.3, 0.4) is 0 Å². The van der Waals surface area contributed by atoms with Crippen LogP contribution in [0.4, 0.5) is 11.4 Å². The Labute approximate surface area is 195 Å². The molecule has 0 bridgehead atoms. The zero-order valence-corrected chi connectivity index (χ0v) is 19.4. The van der Waals surface area contributed by atoms with E-state index < -0.39 is 13.8 Å². The predicted molar refractivity (Wildman–Crippen MR) is 128 cm³/mol. The first-order valence-electron chi connectivity index (χ1n) is 10.1. The van der Waals surface area contributed by atoms with Gasteiger partial charge in [-0.25, -0.2) is 4.57 Å². The van der Waals surface area contributed by atoms with Gasteiger partial charge in [0.1, 0.15) is 0 Å². The highest BCUT2D eigenvalue weighted by Gasteiger charge is 2.30. The van der Waals surface area contributed by atoms with Gasteiger partial charge in [0, 0.05) is 46.4 Å². The van der Waals surface area contributed by atoms with Crippen molar-refractivity contribution in [3.63, 3.8) is 0 Å². The molecule has 0 radical (unpaired) electrons. The first-order valence-corrected chi connectivity index (χ1v) is 12.5. The van der Waals surface area contributed by atoms with Crippen LogP contribution in [0, 0.1) is 0 Å². The van der Waals surface area contributed by atoms with E-state index >= 15 is 0 Å². The van der Waals surface area contributed by atoms with Gasteiger partial charge >= 0.3 is 13.8 Å². The number of hydrogen-bond acceptors (Lipinski definition) is 5. The maximum atomic E-state index is 11.9. The lowest BCUT2D eigenvalue weighted by molar-refractivity contribution is -0.136. The summed E-state index contributed by atoms with van der Waals surface area (Å²) >= 11 is 1.11. The van der Waals surface area contributed by atoms with Gasteiger partial charge in [-0.3, -0.25) is 14.6 Å². The van der Waals surface area contributed by atoms with E-state index in [1.165, 1.54) is 0 Å². The van der Waals surface area contributed by atoms with Gasteiger partial charge in [0.25, 0.3) is 0 Å². The van der Waals surface area contributed by atoms with E-state index in [-0.39, 0.29) is 11.5 Å². The minimum atomic E-state index is -4.85. The number of aliphatic carboxylic acids is 1. The molecular formula is C24H22NO6PS. The third kappa shape index (κ3) is 5.31. The SMILES string of the molecule is CN1c2ccccc2C(=C(OP(=O)(O)O)Sc2ccc(CCC(=O)O)cc2)c2ccccc21. The average molecular weight is 483 g/mol. The first kappa shape index (κ1) is 23.1. The van der Waals surface area contributed by atoms with E-state index in [0.717, 1.165) is 39.8 Å². The van der Waals surface area contributed by atoms with Crippen LogP contribution in [0.25, 0.3) is 5.57 Å². The van der Waals surface area contributed by atoms with Gasteiger partial charge in [-0.2, -0.15) is 0 Å². The average Bonchev–Trinajstić information content (AvgIpc) is 2.78. The van der Waals surface area contributed by atoms with Crippen LogP contribution in [0.1, 0.15) is 23.1 Å². The molecule has 0 spiro atoms. The number of benzene rings is 3. The second kappa shape index (κ2) is 9.45. The zero-order chi connectivity index (χ0) is 23.6. The lowest BCUT2D eigenvalue weighted by atomic mass is 9.91. The number of aryl methyl sites for hydroxylation is 1. The molecule has 0 unspecified atom stereocenters. The van der Waals surface area contributed by atoms with Crippen LogP contribution in [-0.4, -0.2) is 27.9 Å². The second-order valence-corrected chi connectivity index (χ2v) is 9.69. The molecule has 7 nitrogen and oxygen atoms in total. The molecule has 3 N–H and O–H groups in total. The number of para-hydroxylation sites is 2. The van der Waals surface area contributed by atoms with Gasteiger partial charge in [0.2, 0.25) is 0 Å². The number of carboxylic acid groups (broad SMARTS) is 1. The van der Waals surface area contributed by atoms with E-state index in [1.807, 2.05) is 72.6 Å². The minimum Gasteiger partial charge on any atom is -0.481 e. The van der Waals surface area contributed by atoms with Crippen molar-refractivity contribution in [1.82, 2.24) is 0 Å². The number of nitrogens with zero attached hydrogens (tertiary/aromatic N) is 1. The summed E-state index contributed by atoms with van der Waals surface area (Å²) in [5, 5.41) is 8.97. The summed E-state index contributed by atoms with van der Waals surface area (Å²) in [4.78, 5) is 32.9. The molecule has 3 aromatic rings. The Balaban J connectivity index is 1.82. The van der Waals surface area contributed by atoms with E-state index in [0.29, 0.717) is 16.9 Å². The number of hydrogen-bond donors (Lipinski definition) is 3. The Morgan fingerprint density at radius 1 is 0.939 bits per heavy atom. The quantitative estimate of drug-likeness (QED) is 0.233. The van der Waals surface area contributed by atoms with Crippen LogP contribution in [0.2, 0.25) is 0 Å². The van der Waals surface area contributed by atoms with Crippen molar-refractivity contribution in [2.45, 2.75) is 17.7 Å². The monoisotopic (exact) mass is 483 g/mol. The minimum absolute atomic E-state index is 0.0319. The number of carboxylic acids is 1. The number of fused-ring (bicyclic) bond motifs is 2. The van der Waals surface area contributed by atoms with E-state index in [9.17, 15) is 19.1 Å². The summed E-state index contributed by atoms with van der Waals surface area (Å²) in [5.41, 5.74) is 4.84. The van der Waals surface area contributed by atoms with Crippen molar-refractivity contribution in [2.75, 3.05) is 11.9 Å². The smallest absolute Gasteiger partial charge is 0.481 e. The van der Waals surface area contributed by atoms with Crippen molar-refractivity contribution in [3.8, 4) is 0 Å². The van der Waals surface area contributed by atoms with Crippen molar-refractivity contribution < 1.29 is 28.8 Å². The Morgan fingerprint density at radius 3 is 2.00 bits per heavy atom. The third-order valence-corrected chi connectivity index (χ3v) is 6.76. The van der Waals surface area contributed by atoms with Crippen molar-refractivity contribution in [2.24, 2.45) is 0 Å². The lowest BCUT2D eigenvalue weighted by Gasteiger charge is -2.32. The predicted octanol–water partition coefficient (Wildman–Crippen LogP) is 5.40. The van der Waals surface area contributed by atoms with Gasteiger partial charge in [0.05, 0.1) is 0 Å². The highest BCUT2D eigenvalue weighted by atomic mass is 32.2. The highest BCUT2D eigenvalue weighted by molar-refractivity contribution is 8.03. The van der Waals surface area contributed by atoms with Crippen LogP contribution < -0.4 is 4.90 Å². The third-order valence-electron chi connectivity index (χ3n) is 5.24. The van der Waals surface area contributed by atoms with Crippen molar-refractivity contribution >= 4 is 42.5 Å². The van der Waals surface area contributed by atoms with Gasteiger partial charge in [0.15, 0.2) is 5.09 Å². The molecule has 33 heavy (non-hydrogen) atoms. The van der Waals surface area contributed by atoms with E-state index in [2.05, 4.69) is 0 Å². The van der Waals surface area contributed by atoms with Gasteiger partial charge < -0.3 is 14.5 Å². The summed E-state index contributed by atoms with van der Waals surface area (Å²) in [6.07, 6.45) is 0.435. The topological polar surface area (TPSA) is 107 Å². The normalized spacial score (nSPS) is 12.7. The van der Waals surface area contributed by atoms with Crippen LogP contribution in [0.15, 0.2) is 82.8 Å². The van der Waals surface area contributed by atoms with Gasteiger partial charge in [-0.1, -0.05) is 60.3 Å². The Hall–Kier alpha value is -3.03. The molecule has 0 fully saturated rings. The largest absolute Gasteiger partial charge is 0.525 e. The van der Waals surface area contributed by atoms with Crippen LogP contribution in [-0.2, 0) is 20.3 Å². The van der Waals surface area contributed by atoms with Crippen LogP contribution >= 0.6 is 19.6 Å². The maximum Gasteiger partial charge on any atom is 0.525 e. The highest BCUT2D eigenvalue weighted by Crippen LogP contribution is 2.52. The fourth-order valence-corrected chi connectivity index (χ4v) is 5.31. The molecular weight excluding hydrogens is 461 g/mol. The fraction of sp³-hybridized carbons (Fsp3) is 0.125. The molecule has 1 heterocycles. The molecule has 0 saturated heterocycles. The molecule has 0 amide bonds. The summed E-state index contributed by atoms with van der Waals surface area (Å²) < 4.78 is 17.2. The summed E-state index contributed by atoms with van der Waals surface area (Å²) in [5.74, 6) is -0.866. The van der Waals surface area contributed by atoms with Gasteiger partial charge in [-0.15, -0.1) is 0 Å². The molecule has 170 valence electrons. The summed E-state index contributed by atoms with van der Waals surface area (Å²) in [7, 11) is -2.91. The molecule has 0 aliphatic carbocycles. The summed E-state index contributed by atoms with van der Waals surface area (Å²) in [6, 6.07) is 22.4. The Morgan fingerprint density at radius 2 is 1.48 bits per heavy atom. The van der Waals surface area contributed by atoms with Crippen molar-refractivity contribution in [3.05, 3.63) is 94.6 Å². The number of phosphoric ester groups is 1. The number of rotatable bonds is 7. The molecule has 1 aliphatic heterocycles. The number of anilines is 2. The molecule has 3 aromatic carbocycles. The number of carbonyl (C=O) groups is 1. The second-order valence-electron chi connectivity index (χ2n) is 7.48. The standard InChI is InChI=1S/C24H22NO6PS/c1-25-20-8-4-2-6-18(20)23(19-7-3-5-9-21(19)25)24(31-32(28,29)30)33-17-13-10-16(11-14-17)12-15-22(26)27/h2-11,13-14H,12,15H2,1H3,(H,26,27)(H2,28,29,30). The molecule has 1 aliphatic rings. The van der Waals surface area contributed by atoms with Crippen molar-refractivity contribution in [1.29, 1.82) is 0 Å². The zero-order valence-electron chi connectivity index (χ0n) is 17.7. The molecule has 0 saturated carbocycles. The molecule has 9 heteroatoms. The first-order chi connectivity index (χ1) is 15.7. The fourth-order valence-electron chi connectivity index (χ4n) is 3.76. The lowest BCUT2D eigenvalue weighted by Crippen LogP contribution is -2.18. The molecule has 0 atom stereocenters. The summed E-state index contributed by atoms with van der Waals surface area (Å²) in [6.45, 7) is 0. The Bertz CT molecular complexity index is 1220. The number of thioether (sulfide) groups is 1. The van der Waals surface area contributed by atoms with Gasteiger partial charge in [-0.05, 0) is 36.2 Å². The molecule has 4 rings (SSSR count). The maximum absolute atomic E-state index is 11.9. The van der Waals surface area contributed by atoms with E-state index in [4.69, 9.17) is 9.63 Å². The number of phosphoric acid groups is 1. The Kier molecular flexibility index (Phi) is 6.63. The van der Waals surface area contributed by atoms with Crippen LogP contribution in [0.5, 0.6) is 0 Å². The molecule has 0 aromatic heterocycles.